The highest BCUT2D eigenvalue weighted by Crippen LogP contribution is 2.31. The van der Waals surface area contributed by atoms with Crippen LogP contribution in [-0.4, -0.2) is 31.9 Å². The molecule has 3 rings (SSSR count). The Morgan fingerprint density at radius 1 is 1.42 bits per heavy atom. The van der Waals surface area contributed by atoms with Crippen LogP contribution >= 0.6 is 23.4 Å². The summed E-state index contributed by atoms with van der Waals surface area (Å²) < 4.78 is 2.34. The van der Waals surface area contributed by atoms with Gasteiger partial charge < -0.3 is 4.57 Å². The van der Waals surface area contributed by atoms with Crippen LogP contribution in [0.4, 0.5) is 0 Å². The molecule has 0 atom stereocenters. The van der Waals surface area contributed by atoms with Crippen LogP contribution in [0.3, 0.4) is 0 Å². The average Bonchev–Trinajstić information content (AvgIpc) is 2.77. The first-order valence-corrected chi connectivity index (χ1v) is 8.45. The van der Waals surface area contributed by atoms with Crippen LogP contribution in [0, 0.1) is 6.92 Å². The van der Waals surface area contributed by atoms with Crippen LogP contribution in [0.5, 0.6) is 0 Å². The summed E-state index contributed by atoms with van der Waals surface area (Å²) in [5.74, 6) is 4.18. The minimum atomic E-state index is 0.541. The predicted octanol–water partition coefficient (Wildman–Crippen LogP) is 3.59. The highest BCUT2D eigenvalue weighted by Gasteiger charge is 2.22. The van der Waals surface area contributed by atoms with Crippen molar-refractivity contribution in [2.75, 3.05) is 17.4 Å². The molecule has 2 aromatic heterocycles. The molecule has 3 heterocycles. The molecule has 0 bridgehead atoms. The van der Waals surface area contributed by atoms with Gasteiger partial charge in [0.25, 0.3) is 0 Å². The lowest BCUT2D eigenvalue weighted by atomic mass is 10.1. The van der Waals surface area contributed by atoms with Gasteiger partial charge >= 0.3 is 0 Å². The van der Waals surface area contributed by atoms with Crippen molar-refractivity contribution in [3.05, 3.63) is 23.7 Å². The van der Waals surface area contributed by atoms with E-state index in [4.69, 9.17) is 16.6 Å². The van der Waals surface area contributed by atoms with E-state index in [0.717, 1.165) is 29.0 Å². The SMILES string of the molecule is Cc1cnc2c(c1)nc(CCCl)n2C1CCSCC1. The number of rotatable bonds is 3. The van der Waals surface area contributed by atoms with Gasteiger partial charge in [-0.3, -0.25) is 0 Å². The maximum Gasteiger partial charge on any atom is 0.160 e. The van der Waals surface area contributed by atoms with Crippen LogP contribution < -0.4 is 0 Å². The Bertz CT molecular complexity index is 575. The first-order valence-electron chi connectivity index (χ1n) is 6.77. The molecule has 0 spiro atoms. The Labute approximate surface area is 122 Å². The van der Waals surface area contributed by atoms with Gasteiger partial charge in [0.15, 0.2) is 5.65 Å². The number of halogens is 1. The largest absolute Gasteiger partial charge is 0.309 e. The number of aryl methyl sites for hydroxylation is 2. The molecule has 1 saturated heterocycles. The monoisotopic (exact) mass is 295 g/mol. The standard InChI is InChI=1S/C14H18ClN3S/c1-10-8-12-14(16-9-10)18(13(17-12)2-5-15)11-3-6-19-7-4-11/h8-9,11H,2-7H2,1H3. The Morgan fingerprint density at radius 2 is 2.21 bits per heavy atom. The Hall–Kier alpha value is -0.740. The third kappa shape index (κ3) is 2.61. The highest BCUT2D eigenvalue weighted by molar-refractivity contribution is 7.99. The first-order chi connectivity index (χ1) is 9.29. The zero-order valence-corrected chi connectivity index (χ0v) is 12.7. The maximum atomic E-state index is 5.93. The van der Waals surface area contributed by atoms with E-state index in [9.17, 15) is 0 Å². The molecule has 0 aliphatic carbocycles. The zero-order valence-electron chi connectivity index (χ0n) is 11.1. The van der Waals surface area contributed by atoms with Gasteiger partial charge in [-0.25, -0.2) is 9.97 Å². The fourth-order valence-corrected chi connectivity index (χ4v) is 3.97. The van der Waals surface area contributed by atoms with E-state index in [1.807, 2.05) is 18.0 Å². The average molecular weight is 296 g/mol. The lowest BCUT2D eigenvalue weighted by molar-refractivity contribution is 0.464. The molecule has 0 unspecified atom stereocenters. The summed E-state index contributed by atoms with van der Waals surface area (Å²) in [6.45, 7) is 2.06. The van der Waals surface area contributed by atoms with Crippen molar-refractivity contribution in [1.82, 2.24) is 14.5 Å². The molecule has 5 heteroatoms. The van der Waals surface area contributed by atoms with Gasteiger partial charge in [0, 0.05) is 24.5 Å². The number of imidazole rings is 1. The molecule has 0 N–H and O–H groups in total. The Kier molecular flexibility index (Phi) is 3.99. The van der Waals surface area contributed by atoms with E-state index < -0.39 is 0 Å². The van der Waals surface area contributed by atoms with Gasteiger partial charge in [-0.15, -0.1) is 11.6 Å². The van der Waals surface area contributed by atoms with Crippen molar-refractivity contribution < 1.29 is 0 Å². The highest BCUT2D eigenvalue weighted by atomic mass is 35.5. The number of nitrogens with zero attached hydrogens (tertiary/aromatic N) is 3. The Balaban J connectivity index is 2.09. The number of thioether (sulfide) groups is 1. The zero-order chi connectivity index (χ0) is 13.2. The summed E-state index contributed by atoms with van der Waals surface area (Å²) in [7, 11) is 0. The maximum absolute atomic E-state index is 5.93. The second-order valence-electron chi connectivity index (χ2n) is 5.04. The van der Waals surface area contributed by atoms with Crippen molar-refractivity contribution in [3.8, 4) is 0 Å². The number of aromatic nitrogens is 3. The normalized spacial score (nSPS) is 17.2. The molecule has 1 aliphatic rings. The van der Waals surface area contributed by atoms with Crippen molar-refractivity contribution in [1.29, 1.82) is 0 Å². The van der Waals surface area contributed by atoms with Crippen molar-refractivity contribution in [3.63, 3.8) is 0 Å². The summed E-state index contributed by atoms with van der Waals surface area (Å²) >= 11 is 7.97. The van der Waals surface area contributed by atoms with Gasteiger partial charge in [0.2, 0.25) is 0 Å². The fourth-order valence-electron chi connectivity index (χ4n) is 2.72. The van der Waals surface area contributed by atoms with Crippen LogP contribution in [0.2, 0.25) is 0 Å². The van der Waals surface area contributed by atoms with Crippen molar-refractivity contribution in [2.45, 2.75) is 32.2 Å². The number of hydrogen-bond acceptors (Lipinski definition) is 3. The molecular formula is C14H18ClN3S. The molecule has 1 aliphatic heterocycles. The molecular weight excluding hydrogens is 278 g/mol. The second-order valence-corrected chi connectivity index (χ2v) is 6.64. The molecule has 0 aromatic carbocycles. The lowest BCUT2D eigenvalue weighted by Crippen LogP contribution is -2.18. The molecule has 1 fully saturated rings. The van der Waals surface area contributed by atoms with E-state index in [2.05, 4.69) is 22.5 Å². The van der Waals surface area contributed by atoms with Crippen molar-refractivity contribution in [2.24, 2.45) is 0 Å². The van der Waals surface area contributed by atoms with E-state index in [1.165, 1.54) is 24.3 Å². The summed E-state index contributed by atoms with van der Waals surface area (Å²) in [4.78, 5) is 9.36. The summed E-state index contributed by atoms with van der Waals surface area (Å²) in [6.07, 6.45) is 5.17. The van der Waals surface area contributed by atoms with Gasteiger partial charge in [-0.2, -0.15) is 11.8 Å². The molecule has 102 valence electrons. The van der Waals surface area contributed by atoms with E-state index in [0.29, 0.717) is 11.9 Å². The number of alkyl halides is 1. The quantitative estimate of drug-likeness (QED) is 0.811. The molecule has 2 aromatic rings. The minimum Gasteiger partial charge on any atom is -0.309 e. The summed E-state index contributed by atoms with van der Waals surface area (Å²) in [5, 5.41) is 0. The van der Waals surface area contributed by atoms with Crippen LogP contribution in [-0.2, 0) is 6.42 Å². The lowest BCUT2D eigenvalue weighted by Gasteiger charge is -2.24. The Morgan fingerprint density at radius 3 is 2.95 bits per heavy atom. The van der Waals surface area contributed by atoms with Gasteiger partial charge in [-0.05, 0) is 42.9 Å². The van der Waals surface area contributed by atoms with Crippen LogP contribution in [0.15, 0.2) is 12.3 Å². The first kappa shape index (κ1) is 13.3. The number of pyridine rings is 1. The molecule has 0 amide bonds. The smallest absolute Gasteiger partial charge is 0.160 e. The topological polar surface area (TPSA) is 30.7 Å². The van der Waals surface area contributed by atoms with E-state index >= 15 is 0 Å². The summed E-state index contributed by atoms with van der Waals surface area (Å²) in [5.41, 5.74) is 3.20. The van der Waals surface area contributed by atoms with Gasteiger partial charge in [-0.1, -0.05) is 0 Å². The number of fused-ring (bicyclic) bond motifs is 1. The van der Waals surface area contributed by atoms with E-state index in [1.54, 1.807) is 0 Å². The van der Waals surface area contributed by atoms with Gasteiger partial charge in [0.1, 0.15) is 11.3 Å². The minimum absolute atomic E-state index is 0.541. The van der Waals surface area contributed by atoms with Crippen LogP contribution in [0.1, 0.15) is 30.3 Å². The van der Waals surface area contributed by atoms with Gasteiger partial charge in [0.05, 0.1) is 0 Å². The predicted molar refractivity (Wildman–Crippen MR) is 82.3 cm³/mol. The van der Waals surface area contributed by atoms with Crippen molar-refractivity contribution >= 4 is 34.5 Å². The molecule has 19 heavy (non-hydrogen) atoms. The third-order valence-electron chi connectivity index (χ3n) is 3.61. The molecule has 0 radical (unpaired) electrons. The third-order valence-corrected chi connectivity index (χ3v) is 4.85. The summed E-state index contributed by atoms with van der Waals surface area (Å²) in [6, 6.07) is 2.66. The van der Waals surface area contributed by atoms with Crippen LogP contribution in [0.25, 0.3) is 11.2 Å². The second kappa shape index (κ2) is 5.71. The fraction of sp³-hybridized carbons (Fsp3) is 0.571. The number of hydrogen-bond donors (Lipinski definition) is 0. The molecule has 3 nitrogen and oxygen atoms in total. The van der Waals surface area contributed by atoms with E-state index in [-0.39, 0.29) is 0 Å². The molecule has 0 saturated carbocycles.